The largest absolute Gasteiger partial charge is 0.454 e. The van der Waals surface area contributed by atoms with Gasteiger partial charge in [0.25, 0.3) is 5.91 Å². The number of morpholine rings is 1. The minimum atomic E-state index is -0.798. The second kappa shape index (κ2) is 10.9. The Kier molecular flexibility index (Phi) is 7.97. The van der Waals surface area contributed by atoms with Crippen molar-refractivity contribution in [1.82, 2.24) is 4.90 Å². The number of benzene rings is 2. The molecule has 32 heavy (non-hydrogen) atoms. The maximum Gasteiger partial charge on any atom is 0.338 e. The van der Waals surface area contributed by atoms with Crippen LogP contribution in [0.3, 0.4) is 0 Å². The molecule has 1 aliphatic heterocycles. The number of likely N-dealkylation sites (N-methyl/N-ethyl adjacent to an activating group) is 1. The van der Waals surface area contributed by atoms with Crippen LogP contribution in [0.15, 0.2) is 48.5 Å². The SMILES string of the molecule is CCN1CCOC(CC(=O)Nc2ccc(C(=O)OCC(=O)c3ccccc3Cl)cc2)C1=O. The number of hydrogen-bond acceptors (Lipinski definition) is 6. The molecule has 1 fully saturated rings. The summed E-state index contributed by atoms with van der Waals surface area (Å²) in [7, 11) is 0. The number of nitrogens with one attached hydrogen (secondary N) is 1. The summed E-state index contributed by atoms with van der Waals surface area (Å²) < 4.78 is 10.5. The summed E-state index contributed by atoms with van der Waals surface area (Å²) in [5.74, 6) is -1.65. The zero-order valence-electron chi connectivity index (χ0n) is 17.5. The van der Waals surface area contributed by atoms with E-state index in [0.717, 1.165) is 0 Å². The summed E-state index contributed by atoms with van der Waals surface area (Å²) in [6.07, 6.45) is -0.892. The fraction of sp³-hybridized carbons (Fsp3) is 0.304. The zero-order valence-corrected chi connectivity index (χ0v) is 18.3. The zero-order chi connectivity index (χ0) is 23.1. The summed E-state index contributed by atoms with van der Waals surface area (Å²) >= 11 is 5.97. The molecule has 0 bridgehead atoms. The summed E-state index contributed by atoms with van der Waals surface area (Å²) in [4.78, 5) is 50.5. The van der Waals surface area contributed by atoms with Crippen LogP contribution in [-0.4, -0.2) is 60.9 Å². The Hall–Kier alpha value is -3.23. The fourth-order valence-corrected chi connectivity index (χ4v) is 3.44. The smallest absolute Gasteiger partial charge is 0.338 e. The first-order valence-electron chi connectivity index (χ1n) is 10.1. The lowest BCUT2D eigenvalue weighted by molar-refractivity contribution is -0.154. The average molecular weight is 459 g/mol. The number of carbonyl (C=O) groups excluding carboxylic acids is 4. The lowest BCUT2D eigenvalue weighted by Gasteiger charge is -2.31. The predicted molar refractivity (Wildman–Crippen MR) is 118 cm³/mol. The second-order valence-electron chi connectivity index (χ2n) is 7.09. The van der Waals surface area contributed by atoms with Crippen molar-refractivity contribution < 1.29 is 28.7 Å². The third-order valence-corrected chi connectivity index (χ3v) is 5.26. The number of hydrogen-bond donors (Lipinski definition) is 1. The highest BCUT2D eigenvalue weighted by atomic mass is 35.5. The quantitative estimate of drug-likeness (QED) is 0.482. The molecule has 2 aromatic carbocycles. The van der Waals surface area contributed by atoms with Gasteiger partial charge in [0.15, 0.2) is 6.61 Å². The van der Waals surface area contributed by atoms with Crippen molar-refractivity contribution in [2.45, 2.75) is 19.4 Å². The van der Waals surface area contributed by atoms with Gasteiger partial charge in [-0.1, -0.05) is 23.7 Å². The van der Waals surface area contributed by atoms with Crippen molar-refractivity contribution in [2.24, 2.45) is 0 Å². The molecule has 8 nitrogen and oxygen atoms in total. The maximum atomic E-state index is 12.3. The van der Waals surface area contributed by atoms with Crippen LogP contribution in [0.5, 0.6) is 0 Å². The van der Waals surface area contributed by atoms with Gasteiger partial charge in [0.2, 0.25) is 11.7 Å². The van der Waals surface area contributed by atoms with Crippen molar-refractivity contribution >= 4 is 40.9 Å². The number of anilines is 1. The Morgan fingerprint density at radius 2 is 1.88 bits per heavy atom. The van der Waals surface area contributed by atoms with Crippen LogP contribution in [0.2, 0.25) is 5.02 Å². The molecule has 1 saturated heterocycles. The number of carbonyl (C=O) groups is 4. The predicted octanol–water partition coefficient (Wildman–Crippen LogP) is 2.96. The molecule has 3 rings (SSSR count). The van der Waals surface area contributed by atoms with Crippen LogP contribution in [-0.2, 0) is 19.1 Å². The van der Waals surface area contributed by atoms with Gasteiger partial charge in [0.05, 0.1) is 23.6 Å². The van der Waals surface area contributed by atoms with Crippen LogP contribution >= 0.6 is 11.6 Å². The number of amides is 2. The van der Waals surface area contributed by atoms with E-state index < -0.39 is 24.5 Å². The molecule has 0 saturated carbocycles. The molecule has 0 aliphatic carbocycles. The van der Waals surface area contributed by atoms with E-state index in [4.69, 9.17) is 21.1 Å². The van der Waals surface area contributed by atoms with Crippen molar-refractivity contribution in [3.8, 4) is 0 Å². The lowest BCUT2D eigenvalue weighted by Crippen LogP contribution is -2.48. The number of esters is 1. The molecular formula is C23H23ClN2O6. The third kappa shape index (κ3) is 5.93. The molecule has 2 amide bonds. The van der Waals surface area contributed by atoms with Gasteiger partial charge in [-0.2, -0.15) is 0 Å². The van der Waals surface area contributed by atoms with E-state index >= 15 is 0 Å². The van der Waals surface area contributed by atoms with Crippen molar-refractivity contribution in [1.29, 1.82) is 0 Å². The van der Waals surface area contributed by atoms with Crippen molar-refractivity contribution in [3.63, 3.8) is 0 Å². The molecule has 1 heterocycles. The first-order valence-corrected chi connectivity index (χ1v) is 10.5. The highest BCUT2D eigenvalue weighted by Gasteiger charge is 2.30. The highest BCUT2D eigenvalue weighted by molar-refractivity contribution is 6.34. The van der Waals surface area contributed by atoms with Crippen molar-refractivity contribution in [3.05, 3.63) is 64.7 Å². The number of ether oxygens (including phenoxy) is 2. The number of nitrogens with zero attached hydrogens (tertiary/aromatic N) is 1. The summed E-state index contributed by atoms with van der Waals surface area (Å²) in [5.41, 5.74) is 0.955. The van der Waals surface area contributed by atoms with E-state index in [1.807, 2.05) is 6.92 Å². The highest BCUT2D eigenvalue weighted by Crippen LogP contribution is 2.17. The molecule has 1 N–H and O–H groups in total. The first kappa shape index (κ1) is 23.4. The minimum Gasteiger partial charge on any atom is -0.454 e. The average Bonchev–Trinajstić information content (AvgIpc) is 2.79. The molecule has 168 valence electrons. The molecule has 1 aliphatic rings. The van der Waals surface area contributed by atoms with Gasteiger partial charge < -0.3 is 19.7 Å². The van der Waals surface area contributed by atoms with Gasteiger partial charge in [-0.15, -0.1) is 0 Å². The molecule has 2 aromatic rings. The Morgan fingerprint density at radius 3 is 2.56 bits per heavy atom. The van der Waals surface area contributed by atoms with E-state index in [1.54, 1.807) is 29.2 Å². The normalized spacial score (nSPS) is 15.9. The lowest BCUT2D eigenvalue weighted by atomic mass is 10.1. The van der Waals surface area contributed by atoms with Crippen LogP contribution in [0.4, 0.5) is 5.69 Å². The number of Topliss-reactive ketones (excluding diaryl/α,β-unsaturated/α-hetero) is 1. The van der Waals surface area contributed by atoms with Crippen LogP contribution in [0.1, 0.15) is 34.1 Å². The van der Waals surface area contributed by atoms with Gasteiger partial charge in [-0.3, -0.25) is 14.4 Å². The maximum absolute atomic E-state index is 12.3. The molecule has 1 unspecified atom stereocenters. The van der Waals surface area contributed by atoms with Gasteiger partial charge in [0, 0.05) is 24.3 Å². The standard InChI is InChI=1S/C23H23ClN2O6/c1-2-26-11-12-31-20(22(26)29)13-21(28)25-16-9-7-15(8-10-16)23(30)32-14-19(27)17-5-3-4-6-18(17)24/h3-10,20H,2,11-14H2,1H3,(H,25,28). The Bertz CT molecular complexity index is 1010. The van der Waals surface area contributed by atoms with Crippen LogP contribution in [0, 0.1) is 0 Å². The molecule has 9 heteroatoms. The van der Waals surface area contributed by atoms with Crippen LogP contribution < -0.4 is 5.32 Å². The Morgan fingerprint density at radius 1 is 1.16 bits per heavy atom. The fourth-order valence-electron chi connectivity index (χ4n) is 3.20. The van der Waals surface area contributed by atoms with Crippen molar-refractivity contribution in [2.75, 3.05) is 31.6 Å². The summed E-state index contributed by atoms with van der Waals surface area (Å²) in [5, 5.41) is 2.96. The Balaban J connectivity index is 1.50. The molecule has 0 aromatic heterocycles. The molecule has 0 spiro atoms. The number of halogens is 1. The first-order chi connectivity index (χ1) is 15.4. The van der Waals surface area contributed by atoms with E-state index in [2.05, 4.69) is 5.32 Å². The molecule has 0 radical (unpaired) electrons. The monoisotopic (exact) mass is 458 g/mol. The number of rotatable bonds is 8. The van der Waals surface area contributed by atoms with Gasteiger partial charge in [-0.25, -0.2) is 4.79 Å². The van der Waals surface area contributed by atoms with E-state index in [9.17, 15) is 19.2 Å². The Labute approximate surface area is 190 Å². The van der Waals surface area contributed by atoms with E-state index in [1.165, 1.54) is 24.3 Å². The topological polar surface area (TPSA) is 102 Å². The van der Waals surface area contributed by atoms with E-state index in [0.29, 0.717) is 25.4 Å². The third-order valence-electron chi connectivity index (χ3n) is 4.93. The summed E-state index contributed by atoms with van der Waals surface area (Å²) in [6.45, 7) is 2.93. The van der Waals surface area contributed by atoms with E-state index in [-0.39, 0.29) is 34.4 Å². The number of ketones is 1. The van der Waals surface area contributed by atoms with Crippen LogP contribution in [0.25, 0.3) is 0 Å². The molecular weight excluding hydrogens is 436 g/mol. The van der Waals surface area contributed by atoms with Gasteiger partial charge in [-0.05, 0) is 43.3 Å². The van der Waals surface area contributed by atoms with Gasteiger partial charge >= 0.3 is 5.97 Å². The second-order valence-corrected chi connectivity index (χ2v) is 7.49. The molecule has 1 atom stereocenters. The minimum absolute atomic E-state index is 0.0940. The summed E-state index contributed by atoms with van der Waals surface area (Å²) in [6, 6.07) is 12.5. The van der Waals surface area contributed by atoms with Gasteiger partial charge in [0.1, 0.15) is 6.10 Å².